The van der Waals surface area contributed by atoms with Crippen LogP contribution in [0.1, 0.15) is 39.5 Å². The predicted molar refractivity (Wildman–Crippen MR) is 72.3 cm³/mol. The average molecular weight is 265 g/mol. The van der Waals surface area contributed by atoms with Gasteiger partial charge in [0.2, 0.25) is 0 Å². The van der Waals surface area contributed by atoms with Crippen molar-refractivity contribution >= 4 is 11.8 Å². The average Bonchev–Trinajstić information content (AvgIpc) is 2.68. The predicted octanol–water partition coefficient (Wildman–Crippen LogP) is 2.05. The quantitative estimate of drug-likeness (QED) is 0.774. The standard InChI is InChI=1S/C15H23NO3/c1-10(2)13-6-4-3-5-11(13)8-19-9-12-7-14(17)16-15(12)18/h7,10-11,13H,3-6,8-9H2,1-2H3,(H,16,17,18)/t11-,13?/m1/s1. The van der Waals surface area contributed by atoms with Gasteiger partial charge in [0.15, 0.2) is 0 Å². The molecular weight excluding hydrogens is 242 g/mol. The molecule has 0 saturated heterocycles. The van der Waals surface area contributed by atoms with Gasteiger partial charge in [0.25, 0.3) is 11.8 Å². The largest absolute Gasteiger partial charge is 0.376 e. The Kier molecular flexibility index (Phi) is 4.75. The van der Waals surface area contributed by atoms with Crippen molar-refractivity contribution in [3.63, 3.8) is 0 Å². The van der Waals surface area contributed by atoms with E-state index in [4.69, 9.17) is 4.74 Å². The first-order chi connectivity index (χ1) is 9.08. The molecule has 0 spiro atoms. The number of ether oxygens (including phenoxy) is 1. The molecular formula is C15H23NO3. The summed E-state index contributed by atoms with van der Waals surface area (Å²) in [4.78, 5) is 22.4. The molecule has 2 rings (SSSR count). The second-order valence-corrected chi connectivity index (χ2v) is 5.96. The van der Waals surface area contributed by atoms with Crippen LogP contribution < -0.4 is 5.32 Å². The van der Waals surface area contributed by atoms with Crippen LogP contribution >= 0.6 is 0 Å². The van der Waals surface area contributed by atoms with Crippen molar-refractivity contribution in [3.05, 3.63) is 11.6 Å². The summed E-state index contributed by atoms with van der Waals surface area (Å²) in [7, 11) is 0. The Morgan fingerprint density at radius 1 is 1.32 bits per heavy atom. The number of rotatable bonds is 5. The molecule has 19 heavy (non-hydrogen) atoms. The summed E-state index contributed by atoms with van der Waals surface area (Å²) in [6.45, 7) is 5.49. The van der Waals surface area contributed by atoms with E-state index in [2.05, 4.69) is 19.2 Å². The van der Waals surface area contributed by atoms with E-state index in [9.17, 15) is 9.59 Å². The fourth-order valence-corrected chi connectivity index (χ4v) is 3.20. The molecule has 2 aliphatic rings. The maximum Gasteiger partial charge on any atom is 0.256 e. The number of nitrogens with one attached hydrogen (secondary N) is 1. The topological polar surface area (TPSA) is 55.4 Å². The number of carbonyl (C=O) groups excluding carboxylic acids is 2. The molecule has 1 saturated carbocycles. The molecule has 0 aromatic carbocycles. The van der Waals surface area contributed by atoms with Gasteiger partial charge in [-0.3, -0.25) is 14.9 Å². The molecule has 2 atom stereocenters. The molecule has 0 radical (unpaired) electrons. The lowest BCUT2D eigenvalue weighted by Gasteiger charge is -2.34. The Hall–Kier alpha value is -1.16. The van der Waals surface area contributed by atoms with Crippen LogP contribution in [0.15, 0.2) is 11.6 Å². The van der Waals surface area contributed by atoms with Gasteiger partial charge in [0.05, 0.1) is 13.2 Å². The van der Waals surface area contributed by atoms with Crippen molar-refractivity contribution in [1.29, 1.82) is 0 Å². The first kappa shape index (κ1) is 14.3. The Labute approximate surface area is 114 Å². The third kappa shape index (κ3) is 3.66. The van der Waals surface area contributed by atoms with E-state index < -0.39 is 0 Å². The summed E-state index contributed by atoms with van der Waals surface area (Å²) < 4.78 is 5.67. The molecule has 0 aromatic heterocycles. The molecule has 1 N–H and O–H groups in total. The van der Waals surface area contributed by atoms with Crippen molar-refractivity contribution in [2.24, 2.45) is 17.8 Å². The molecule has 4 heteroatoms. The highest BCUT2D eigenvalue weighted by Gasteiger charge is 2.28. The number of carbonyl (C=O) groups is 2. The summed E-state index contributed by atoms with van der Waals surface area (Å²) >= 11 is 0. The molecule has 0 bridgehead atoms. The van der Waals surface area contributed by atoms with Gasteiger partial charge >= 0.3 is 0 Å². The molecule has 1 heterocycles. The van der Waals surface area contributed by atoms with Crippen LogP contribution in [0.4, 0.5) is 0 Å². The zero-order valence-corrected chi connectivity index (χ0v) is 11.8. The highest BCUT2D eigenvalue weighted by molar-refractivity contribution is 6.16. The Balaban J connectivity index is 1.80. The van der Waals surface area contributed by atoms with Crippen molar-refractivity contribution in [2.45, 2.75) is 39.5 Å². The van der Waals surface area contributed by atoms with Gasteiger partial charge in [-0.15, -0.1) is 0 Å². The zero-order valence-electron chi connectivity index (χ0n) is 11.8. The van der Waals surface area contributed by atoms with E-state index in [1.165, 1.54) is 31.8 Å². The van der Waals surface area contributed by atoms with Crippen molar-refractivity contribution < 1.29 is 14.3 Å². The molecule has 2 amide bonds. The second-order valence-electron chi connectivity index (χ2n) is 5.96. The van der Waals surface area contributed by atoms with Crippen molar-refractivity contribution in [1.82, 2.24) is 5.32 Å². The monoisotopic (exact) mass is 265 g/mol. The normalized spacial score (nSPS) is 27.6. The molecule has 1 fully saturated rings. The van der Waals surface area contributed by atoms with Gasteiger partial charge in [0, 0.05) is 11.6 Å². The summed E-state index contributed by atoms with van der Waals surface area (Å²) in [5, 5.41) is 2.23. The van der Waals surface area contributed by atoms with E-state index in [0.29, 0.717) is 24.0 Å². The molecule has 4 nitrogen and oxygen atoms in total. The number of imide groups is 1. The first-order valence-electron chi connectivity index (χ1n) is 7.21. The Morgan fingerprint density at radius 2 is 2.05 bits per heavy atom. The lowest BCUT2D eigenvalue weighted by Crippen LogP contribution is -2.28. The lowest BCUT2D eigenvalue weighted by atomic mass is 9.74. The van der Waals surface area contributed by atoms with Crippen LogP contribution in [-0.4, -0.2) is 25.0 Å². The van der Waals surface area contributed by atoms with Crippen LogP contribution in [0.25, 0.3) is 0 Å². The van der Waals surface area contributed by atoms with Gasteiger partial charge in [-0.05, 0) is 30.6 Å². The summed E-state index contributed by atoms with van der Waals surface area (Å²) in [6.07, 6.45) is 6.43. The smallest absolute Gasteiger partial charge is 0.256 e. The number of amides is 2. The molecule has 1 aliphatic carbocycles. The summed E-state index contributed by atoms with van der Waals surface area (Å²) in [5.74, 6) is 1.36. The lowest BCUT2D eigenvalue weighted by molar-refractivity contribution is -0.124. The van der Waals surface area contributed by atoms with E-state index >= 15 is 0 Å². The maximum absolute atomic E-state index is 11.4. The number of hydrogen-bond acceptors (Lipinski definition) is 3. The van der Waals surface area contributed by atoms with Gasteiger partial charge in [-0.1, -0.05) is 26.7 Å². The van der Waals surface area contributed by atoms with Gasteiger partial charge in [-0.25, -0.2) is 0 Å². The third-order valence-electron chi connectivity index (χ3n) is 4.25. The van der Waals surface area contributed by atoms with Crippen LogP contribution in [0.5, 0.6) is 0 Å². The first-order valence-corrected chi connectivity index (χ1v) is 7.21. The van der Waals surface area contributed by atoms with Gasteiger partial charge in [0.1, 0.15) is 0 Å². The minimum atomic E-state index is -0.332. The molecule has 106 valence electrons. The van der Waals surface area contributed by atoms with Crippen LogP contribution in [-0.2, 0) is 14.3 Å². The van der Waals surface area contributed by atoms with E-state index in [1.807, 2.05) is 0 Å². The Morgan fingerprint density at radius 3 is 2.68 bits per heavy atom. The van der Waals surface area contributed by atoms with Gasteiger partial charge < -0.3 is 4.74 Å². The summed E-state index contributed by atoms with van der Waals surface area (Å²) in [5.41, 5.74) is 0.446. The zero-order chi connectivity index (χ0) is 13.8. The fourth-order valence-electron chi connectivity index (χ4n) is 3.20. The fraction of sp³-hybridized carbons (Fsp3) is 0.733. The molecule has 0 aromatic rings. The highest BCUT2D eigenvalue weighted by atomic mass is 16.5. The summed E-state index contributed by atoms with van der Waals surface area (Å²) in [6, 6.07) is 0. The van der Waals surface area contributed by atoms with Crippen molar-refractivity contribution in [2.75, 3.05) is 13.2 Å². The van der Waals surface area contributed by atoms with Crippen LogP contribution in [0, 0.1) is 17.8 Å². The molecule has 1 aliphatic heterocycles. The minimum Gasteiger partial charge on any atom is -0.376 e. The van der Waals surface area contributed by atoms with Crippen LogP contribution in [0.2, 0.25) is 0 Å². The van der Waals surface area contributed by atoms with E-state index in [-0.39, 0.29) is 18.4 Å². The minimum absolute atomic E-state index is 0.249. The van der Waals surface area contributed by atoms with Crippen LogP contribution in [0.3, 0.4) is 0 Å². The molecule has 1 unspecified atom stereocenters. The van der Waals surface area contributed by atoms with Crippen molar-refractivity contribution in [3.8, 4) is 0 Å². The van der Waals surface area contributed by atoms with Gasteiger partial charge in [-0.2, -0.15) is 0 Å². The Bertz CT molecular complexity index is 387. The highest BCUT2D eigenvalue weighted by Crippen LogP contribution is 2.35. The van der Waals surface area contributed by atoms with E-state index in [1.54, 1.807) is 0 Å². The third-order valence-corrected chi connectivity index (χ3v) is 4.25. The van der Waals surface area contributed by atoms with E-state index in [0.717, 1.165) is 5.92 Å². The SMILES string of the molecule is CC(C)C1CCCC[C@@H]1COCC1=CC(=O)NC1=O. The maximum atomic E-state index is 11.4. The second kappa shape index (κ2) is 6.33. The number of hydrogen-bond donors (Lipinski definition) is 1.